The Morgan fingerprint density at radius 1 is 0.824 bits per heavy atom. The Hall–Kier alpha value is -1.06. The molecule has 0 aromatic rings. The van der Waals surface area contributed by atoms with Crippen molar-refractivity contribution in [1.29, 1.82) is 0 Å². The second kappa shape index (κ2) is 5.07. The zero-order chi connectivity index (χ0) is 12.4. The summed E-state index contributed by atoms with van der Waals surface area (Å²) < 4.78 is 10.7. The summed E-state index contributed by atoms with van der Waals surface area (Å²) >= 11 is 0. The van der Waals surface area contributed by atoms with Crippen LogP contribution in [0.2, 0.25) is 0 Å². The first-order chi connectivity index (χ1) is 8.06. The smallest absolute Gasteiger partial charge is 0.302 e. The molecule has 0 aromatic carbocycles. The Morgan fingerprint density at radius 2 is 1.24 bits per heavy atom. The Morgan fingerprint density at radius 3 is 1.59 bits per heavy atom. The SMILES string of the molecule is CC(=O)O[C@H]1CC[C@@H]2C[C@@H]1CC[C@H]2OC(C)=O. The molecule has 2 saturated carbocycles. The third-order valence-corrected chi connectivity index (χ3v) is 3.94. The van der Waals surface area contributed by atoms with E-state index in [1.54, 1.807) is 0 Å². The predicted octanol–water partition coefficient (Wildman–Crippen LogP) is 2.06. The van der Waals surface area contributed by atoms with E-state index in [1.165, 1.54) is 13.8 Å². The van der Waals surface area contributed by atoms with Gasteiger partial charge in [-0.1, -0.05) is 0 Å². The van der Waals surface area contributed by atoms with Gasteiger partial charge in [0.2, 0.25) is 0 Å². The van der Waals surface area contributed by atoms with E-state index < -0.39 is 0 Å². The van der Waals surface area contributed by atoms with Crippen LogP contribution < -0.4 is 0 Å². The van der Waals surface area contributed by atoms with Gasteiger partial charge in [0.25, 0.3) is 0 Å². The Labute approximate surface area is 102 Å². The quantitative estimate of drug-likeness (QED) is 0.693. The van der Waals surface area contributed by atoms with Crippen LogP contribution in [-0.2, 0) is 19.1 Å². The van der Waals surface area contributed by atoms with Crippen molar-refractivity contribution in [2.24, 2.45) is 11.8 Å². The molecule has 0 amide bonds. The number of hydrogen-bond donors (Lipinski definition) is 0. The third kappa shape index (κ3) is 2.99. The zero-order valence-corrected chi connectivity index (χ0v) is 10.5. The highest BCUT2D eigenvalue weighted by molar-refractivity contribution is 5.66. The van der Waals surface area contributed by atoms with E-state index in [0.717, 1.165) is 32.1 Å². The van der Waals surface area contributed by atoms with E-state index in [9.17, 15) is 9.59 Å². The molecule has 17 heavy (non-hydrogen) atoms. The summed E-state index contributed by atoms with van der Waals surface area (Å²) in [5.41, 5.74) is 0. The minimum absolute atomic E-state index is 0.0852. The lowest BCUT2D eigenvalue weighted by Gasteiger charge is -2.43. The van der Waals surface area contributed by atoms with Gasteiger partial charge in [-0.3, -0.25) is 9.59 Å². The minimum atomic E-state index is -0.185. The fraction of sp³-hybridized carbons (Fsp3) is 0.846. The van der Waals surface area contributed by atoms with Crippen LogP contribution in [0.25, 0.3) is 0 Å². The number of fused-ring (bicyclic) bond motifs is 2. The number of hydrogen-bond acceptors (Lipinski definition) is 4. The molecule has 0 aromatic heterocycles. The summed E-state index contributed by atoms with van der Waals surface area (Å²) in [5, 5.41) is 0. The molecule has 4 heteroatoms. The number of carbonyl (C=O) groups is 2. The highest BCUT2D eigenvalue weighted by Crippen LogP contribution is 2.42. The highest BCUT2D eigenvalue weighted by Gasteiger charge is 2.41. The molecule has 2 fully saturated rings. The topological polar surface area (TPSA) is 52.6 Å². The van der Waals surface area contributed by atoms with Gasteiger partial charge in [0.15, 0.2) is 0 Å². The molecule has 4 nitrogen and oxygen atoms in total. The first-order valence-electron chi connectivity index (χ1n) is 6.40. The number of carbonyl (C=O) groups excluding carboxylic acids is 2. The molecule has 0 unspecified atom stereocenters. The fourth-order valence-corrected chi connectivity index (χ4v) is 3.26. The van der Waals surface area contributed by atoms with Crippen molar-refractivity contribution in [3.05, 3.63) is 0 Å². The maximum atomic E-state index is 11.0. The Balaban J connectivity index is 1.91. The summed E-state index contributed by atoms with van der Waals surface area (Å²) in [4.78, 5) is 22.0. The second-order valence-electron chi connectivity index (χ2n) is 5.21. The summed E-state index contributed by atoms with van der Waals surface area (Å²) in [6.45, 7) is 2.94. The van der Waals surface area contributed by atoms with Gasteiger partial charge in [0.05, 0.1) is 0 Å². The van der Waals surface area contributed by atoms with E-state index in [2.05, 4.69) is 0 Å². The van der Waals surface area contributed by atoms with E-state index in [4.69, 9.17) is 9.47 Å². The molecule has 4 atom stereocenters. The van der Waals surface area contributed by atoms with E-state index in [0.29, 0.717) is 11.8 Å². The van der Waals surface area contributed by atoms with Crippen LogP contribution in [0, 0.1) is 11.8 Å². The third-order valence-electron chi connectivity index (χ3n) is 3.94. The molecule has 2 aliphatic rings. The normalized spacial score (nSPS) is 36.1. The standard InChI is InChI=1S/C13H20O4/c1-8(14)16-12-5-3-11-7-10(12)4-6-13(11)17-9(2)15/h10-13H,3-7H2,1-2H3/t10-,11+,12-,13+. The predicted molar refractivity (Wildman–Crippen MR) is 61.2 cm³/mol. The van der Waals surface area contributed by atoms with E-state index in [-0.39, 0.29) is 24.1 Å². The molecular formula is C13H20O4. The molecular weight excluding hydrogens is 220 g/mol. The molecule has 0 aliphatic heterocycles. The van der Waals surface area contributed by atoms with Crippen LogP contribution in [0.15, 0.2) is 0 Å². The van der Waals surface area contributed by atoms with Crippen LogP contribution in [-0.4, -0.2) is 24.1 Å². The van der Waals surface area contributed by atoms with Crippen LogP contribution in [0.1, 0.15) is 46.0 Å². The molecule has 0 saturated heterocycles. The van der Waals surface area contributed by atoms with Crippen LogP contribution in [0.5, 0.6) is 0 Å². The first-order valence-corrected chi connectivity index (χ1v) is 6.40. The van der Waals surface area contributed by atoms with Gasteiger partial charge in [-0.05, 0) is 43.9 Å². The largest absolute Gasteiger partial charge is 0.462 e. The second-order valence-corrected chi connectivity index (χ2v) is 5.21. The highest BCUT2D eigenvalue weighted by atomic mass is 16.5. The van der Waals surface area contributed by atoms with Gasteiger partial charge in [-0.25, -0.2) is 0 Å². The molecule has 0 radical (unpaired) electrons. The van der Waals surface area contributed by atoms with Crippen molar-refractivity contribution in [2.75, 3.05) is 0 Å². The Bertz CT molecular complexity index is 283. The fourth-order valence-electron chi connectivity index (χ4n) is 3.26. The average molecular weight is 240 g/mol. The van der Waals surface area contributed by atoms with Crippen molar-refractivity contribution in [3.8, 4) is 0 Å². The van der Waals surface area contributed by atoms with Gasteiger partial charge < -0.3 is 9.47 Å². The first kappa shape index (κ1) is 12.4. The van der Waals surface area contributed by atoms with Gasteiger partial charge in [0.1, 0.15) is 12.2 Å². The monoisotopic (exact) mass is 240 g/mol. The average Bonchev–Trinajstić information content (AvgIpc) is 2.24. The molecule has 0 spiro atoms. The van der Waals surface area contributed by atoms with E-state index >= 15 is 0 Å². The van der Waals surface area contributed by atoms with E-state index in [1.807, 2.05) is 0 Å². The lowest BCUT2D eigenvalue weighted by atomic mass is 9.69. The maximum absolute atomic E-state index is 11.0. The van der Waals surface area contributed by atoms with Gasteiger partial charge >= 0.3 is 11.9 Å². The van der Waals surface area contributed by atoms with Crippen molar-refractivity contribution in [3.63, 3.8) is 0 Å². The van der Waals surface area contributed by atoms with Gasteiger partial charge in [-0.2, -0.15) is 0 Å². The zero-order valence-electron chi connectivity index (χ0n) is 10.5. The lowest BCUT2D eigenvalue weighted by Crippen LogP contribution is -2.42. The molecule has 2 aliphatic carbocycles. The van der Waals surface area contributed by atoms with Gasteiger partial charge in [0, 0.05) is 13.8 Å². The molecule has 0 N–H and O–H groups in total. The number of ether oxygens (including phenoxy) is 2. The summed E-state index contributed by atoms with van der Waals surface area (Å²) in [5.74, 6) is 0.556. The summed E-state index contributed by atoms with van der Waals surface area (Å²) in [6.07, 6.45) is 5.00. The van der Waals surface area contributed by atoms with Crippen LogP contribution in [0.3, 0.4) is 0 Å². The van der Waals surface area contributed by atoms with Crippen molar-refractivity contribution in [2.45, 2.75) is 58.2 Å². The van der Waals surface area contributed by atoms with Gasteiger partial charge in [-0.15, -0.1) is 0 Å². The van der Waals surface area contributed by atoms with Crippen molar-refractivity contribution < 1.29 is 19.1 Å². The van der Waals surface area contributed by atoms with Crippen LogP contribution >= 0.6 is 0 Å². The summed E-state index contributed by atoms with van der Waals surface area (Å²) in [7, 11) is 0. The summed E-state index contributed by atoms with van der Waals surface area (Å²) in [6, 6.07) is 0. The molecule has 96 valence electrons. The Kier molecular flexibility index (Phi) is 3.69. The minimum Gasteiger partial charge on any atom is -0.462 e. The van der Waals surface area contributed by atoms with Crippen molar-refractivity contribution >= 4 is 11.9 Å². The molecule has 2 bridgehead atoms. The van der Waals surface area contributed by atoms with Crippen molar-refractivity contribution in [1.82, 2.24) is 0 Å². The number of rotatable bonds is 2. The van der Waals surface area contributed by atoms with Crippen LogP contribution in [0.4, 0.5) is 0 Å². The molecule has 0 heterocycles. The maximum Gasteiger partial charge on any atom is 0.302 e. The number of esters is 2. The lowest BCUT2D eigenvalue weighted by molar-refractivity contribution is -0.161. The molecule has 2 rings (SSSR count).